The number of hydrogen-bond donors (Lipinski definition) is 1. The van der Waals surface area contributed by atoms with Crippen molar-refractivity contribution in [3.63, 3.8) is 0 Å². The molecule has 1 aliphatic heterocycles. The Hall–Kier alpha value is -1.56. The van der Waals surface area contributed by atoms with Crippen LogP contribution < -0.4 is 10.9 Å². The summed E-state index contributed by atoms with van der Waals surface area (Å²) >= 11 is 12.1. The van der Waals surface area contributed by atoms with Crippen LogP contribution in [0.4, 0.5) is 5.69 Å². The molecule has 2 heterocycles. The van der Waals surface area contributed by atoms with E-state index in [1.165, 1.54) is 4.68 Å². The van der Waals surface area contributed by atoms with Gasteiger partial charge in [0.25, 0.3) is 5.56 Å². The van der Waals surface area contributed by atoms with Gasteiger partial charge in [-0.3, -0.25) is 4.79 Å². The van der Waals surface area contributed by atoms with Gasteiger partial charge >= 0.3 is 0 Å². The van der Waals surface area contributed by atoms with Gasteiger partial charge in [-0.1, -0.05) is 23.2 Å². The molecular formula is C16H17Cl2N3O2. The zero-order chi connectivity index (χ0) is 16.2. The lowest BCUT2D eigenvalue weighted by Gasteiger charge is -2.22. The molecule has 122 valence electrons. The summed E-state index contributed by atoms with van der Waals surface area (Å²) in [6, 6.07) is 6.85. The predicted octanol–water partition coefficient (Wildman–Crippen LogP) is 3.38. The zero-order valence-electron chi connectivity index (χ0n) is 12.5. The minimum Gasteiger partial charge on any atom is -0.382 e. The van der Waals surface area contributed by atoms with E-state index in [1.807, 2.05) is 0 Å². The van der Waals surface area contributed by atoms with Gasteiger partial charge in [0.2, 0.25) is 0 Å². The Bertz CT molecular complexity index is 725. The van der Waals surface area contributed by atoms with E-state index in [9.17, 15) is 4.79 Å². The average Bonchev–Trinajstić information content (AvgIpc) is 2.58. The molecule has 1 fully saturated rings. The first kappa shape index (κ1) is 16.3. The second-order valence-corrected chi connectivity index (χ2v) is 6.34. The molecule has 1 saturated heterocycles. The number of benzene rings is 1. The summed E-state index contributed by atoms with van der Waals surface area (Å²) in [7, 11) is 0. The van der Waals surface area contributed by atoms with E-state index in [0.717, 1.165) is 26.1 Å². The highest BCUT2D eigenvalue weighted by Crippen LogP contribution is 2.20. The van der Waals surface area contributed by atoms with Crippen molar-refractivity contribution < 1.29 is 4.74 Å². The quantitative estimate of drug-likeness (QED) is 0.915. The molecule has 1 atom stereocenters. The number of hydrogen-bond acceptors (Lipinski definition) is 4. The summed E-state index contributed by atoms with van der Waals surface area (Å²) in [5.41, 5.74) is 0.805. The Balaban J connectivity index is 1.77. The van der Waals surface area contributed by atoms with Crippen LogP contribution in [0.25, 0.3) is 5.69 Å². The maximum atomic E-state index is 12.4. The number of nitrogens with one attached hydrogen (secondary N) is 1. The molecule has 5 nitrogen and oxygen atoms in total. The number of aromatic nitrogens is 2. The molecule has 7 heteroatoms. The molecule has 0 spiro atoms. The first-order valence-electron chi connectivity index (χ1n) is 7.50. The highest BCUT2D eigenvalue weighted by molar-refractivity contribution is 6.33. The summed E-state index contributed by atoms with van der Waals surface area (Å²) in [5, 5.41) is 8.12. The minimum atomic E-state index is -0.362. The Morgan fingerprint density at radius 3 is 2.78 bits per heavy atom. The van der Waals surface area contributed by atoms with Gasteiger partial charge in [0.1, 0.15) is 5.02 Å². The van der Waals surface area contributed by atoms with Crippen molar-refractivity contribution in [3.8, 4) is 5.69 Å². The largest absolute Gasteiger partial charge is 0.382 e. The van der Waals surface area contributed by atoms with Crippen molar-refractivity contribution in [2.24, 2.45) is 5.92 Å². The third-order valence-electron chi connectivity index (χ3n) is 3.83. The summed E-state index contributed by atoms with van der Waals surface area (Å²) in [6.45, 7) is 2.28. The van der Waals surface area contributed by atoms with Crippen molar-refractivity contribution in [2.45, 2.75) is 12.8 Å². The van der Waals surface area contributed by atoms with E-state index in [0.29, 0.717) is 28.9 Å². The lowest BCUT2D eigenvalue weighted by molar-refractivity contribution is 0.0595. The van der Waals surface area contributed by atoms with Gasteiger partial charge in [-0.15, -0.1) is 0 Å². The van der Waals surface area contributed by atoms with Crippen LogP contribution in [0.2, 0.25) is 10.0 Å². The van der Waals surface area contributed by atoms with Crippen LogP contribution in [0.5, 0.6) is 0 Å². The van der Waals surface area contributed by atoms with E-state index in [1.54, 1.807) is 30.5 Å². The molecular weight excluding hydrogens is 337 g/mol. The number of halogens is 2. The van der Waals surface area contributed by atoms with Gasteiger partial charge in [-0.2, -0.15) is 9.78 Å². The molecule has 3 rings (SSSR count). The van der Waals surface area contributed by atoms with Crippen LogP contribution in [0.3, 0.4) is 0 Å². The zero-order valence-corrected chi connectivity index (χ0v) is 14.0. The average molecular weight is 354 g/mol. The van der Waals surface area contributed by atoms with Crippen LogP contribution in [0, 0.1) is 5.92 Å². The lowest BCUT2D eigenvalue weighted by Crippen LogP contribution is -2.26. The lowest BCUT2D eigenvalue weighted by atomic mass is 10.0. The molecule has 1 aromatic carbocycles. The van der Waals surface area contributed by atoms with Gasteiger partial charge in [0.05, 0.1) is 24.2 Å². The summed E-state index contributed by atoms with van der Waals surface area (Å²) < 4.78 is 6.70. The molecule has 1 aliphatic rings. The van der Waals surface area contributed by atoms with Gasteiger partial charge in [0, 0.05) is 18.2 Å². The Morgan fingerprint density at radius 1 is 1.30 bits per heavy atom. The Morgan fingerprint density at radius 2 is 2.09 bits per heavy atom. The smallest absolute Gasteiger partial charge is 0.292 e. The first-order valence-corrected chi connectivity index (χ1v) is 8.26. The van der Waals surface area contributed by atoms with Crippen molar-refractivity contribution in [1.29, 1.82) is 0 Å². The molecule has 0 amide bonds. The highest BCUT2D eigenvalue weighted by Gasteiger charge is 2.16. The topological polar surface area (TPSA) is 56.1 Å². The third kappa shape index (κ3) is 3.86. The summed E-state index contributed by atoms with van der Waals surface area (Å²) in [6.07, 6.45) is 3.75. The monoisotopic (exact) mass is 353 g/mol. The maximum absolute atomic E-state index is 12.4. The SMILES string of the molecule is O=c1c(Cl)c(NCC2CCCOC2)cnn1-c1ccc(Cl)cc1. The molecule has 1 aromatic heterocycles. The second-order valence-electron chi connectivity index (χ2n) is 5.53. The molecule has 1 N–H and O–H groups in total. The molecule has 23 heavy (non-hydrogen) atoms. The fraction of sp³-hybridized carbons (Fsp3) is 0.375. The minimum absolute atomic E-state index is 0.131. The Labute approximate surface area is 144 Å². The van der Waals surface area contributed by atoms with E-state index < -0.39 is 0 Å². The van der Waals surface area contributed by atoms with Crippen molar-refractivity contribution in [1.82, 2.24) is 9.78 Å². The van der Waals surface area contributed by atoms with Gasteiger partial charge < -0.3 is 10.1 Å². The van der Waals surface area contributed by atoms with Crippen LogP contribution in [0.15, 0.2) is 35.3 Å². The molecule has 0 bridgehead atoms. The van der Waals surface area contributed by atoms with Crippen molar-refractivity contribution in [2.75, 3.05) is 25.1 Å². The van der Waals surface area contributed by atoms with Crippen molar-refractivity contribution in [3.05, 3.63) is 50.9 Å². The van der Waals surface area contributed by atoms with E-state index in [-0.39, 0.29) is 10.6 Å². The van der Waals surface area contributed by atoms with E-state index in [4.69, 9.17) is 27.9 Å². The van der Waals surface area contributed by atoms with E-state index in [2.05, 4.69) is 10.4 Å². The van der Waals surface area contributed by atoms with Crippen molar-refractivity contribution >= 4 is 28.9 Å². The summed E-state index contributed by atoms with van der Waals surface area (Å²) in [5.74, 6) is 0.429. The van der Waals surface area contributed by atoms with Gasteiger partial charge in [-0.25, -0.2) is 0 Å². The number of rotatable bonds is 4. The van der Waals surface area contributed by atoms with Crippen LogP contribution in [-0.2, 0) is 4.74 Å². The molecule has 0 saturated carbocycles. The number of ether oxygens (including phenoxy) is 1. The Kier molecular flexibility index (Phi) is 5.20. The molecule has 0 aliphatic carbocycles. The maximum Gasteiger partial charge on any atom is 0.292 e. The third-order valence-corrected chi connectivity index (χ3v) is 4.44. The molecule has 2 aromatic rings. The fourth-order valence-electron chi connectivity index (χ4n) is 2.54. The second kappa shape index (κ2) is 7.34. The van der Waals surface area contributed by atoms with Gasteiger partial charge in [-0.05, 0) is 43.0 Å². The molecule has 1 unspecified atom stereocenters. The molecule has 0 radical (unpaired) electrons. The van der Waals surface area contributed by atoms with Crippen LogP contribution in [0.1, 0.15) is 12.8 Å². The standard InChI is InChI=1S/C16H17Cl2N3O2/c17-12-3-5-13(6-4-12)21-16(22)15(18)14(9-20-21)19-8-11-2-1-7-23-10-11/h3-6,9,11,19H,1-2,7-8,10H2. The predicted molar refractivity (Wildman–Crippen MR) is 91.9 cm³/mol. The normalized spacial score (nSPS) is 17.9. The fourth-order valence-corrected chi connectivity index (χ4v) is 2.87. The first-order chi connectivity index (χ1) is 11.1. The van der Waals surface area contributed by atoms with Gasteiger partial charge in [0.15, 0.2) is 0 Å². The van der Waals surface area contributed by atoms with Crippen LogP contribution in [-0.4, -0.2) is 29.5 Å². The highest BCUT2D eigenvalue weighted by atomic mass is 35.5. The summed E-state index contributed by atoms with van der Waals surface area (Å²) in [4.78, 5) is 12.4. The van der Waals surface area contributed by atoms with E-state index >= 15 is 0 Å². The van der Waals surface area contributed by atoms with Crippen LogP contribution >= 0.6 is 23.2 Å². The number of anilines is 1. The number of nitrogens with zero attached hydrogens (tertiary/aromatic N) is 2.